The van der Waals surface area contributed by atoms with E-state index in [2.05, 4.69) is 20.7 Å². The van der Waals surface area contributed by atoms with Gasteiger partial charge in [-0.05, 0) is 28.1 Å². The molecule has 2 aromatic carbocycles. The molecule has 0 heterocycles. The summed E-state index contributed by atoms with van der Waals surface area (Å²) in [5.41, 5.74) is 0.737. The van der Waals surface area contributed by atoms with Crippen LogP contribution in [0.3, 0.4) is 0 Å². The number of nitrogens with one attached hydrogen (secondary N) is 1. The maximum atomic E-state index is 13.6. The van der Waals surface area contributed by atoms with Gasteiger partial charge in [0.2, 0.25) is 0 Å². The highest BCUT2D eigenvalue weighted by Crippen LogP contribution is 2.25. The summed E-state index contributed by atoms with van der Waals surface area (Å²) in [6.07, 6.45) is 0. The lowest BCUT2D eigenvalue weighted by molar-refractivity contribution is 0.507. The first-order valence-corrected chi connectivity index (χ1v) is 7.51. The summed E-state index contributed by atoms with van der Waals surface area (Å²) in [4.78, 5) is 0. The number of anilines is 1. The van der Waals surface area contributed by atoms with Gasteiger partial charge in [-0.2, -0.15) is 0 Å². The molecule has 0 bridgehead atoms. The molecule has 2 aromatic rings. The van der Waals surface area contributed by atoms with Crippen molar-refractivity contribution < 1.29 is 13.3 Å². The molecule has 0 saturated carbocycles. The van der Waals surface area contributed by atoms with Crippen LogP contribution >= 0.6 is 15.9 Å². The summed E-state index contributed by atoms with van der Waals surface area (Å²) in [6.45, 7) is 0. The zero-order valence-electron chi connectivity index (χ0n) is 9.70. The predicted molar refractivity (Wildman–Crippen MR) is 76.0 cm³/mol. The lowest BCUT2D eigenvalue weighted by atomic mass is 10.2. The Bertz CT molecular complexity index is 568. The fourth-order valence-electron chi connectivity index (χ4n) is 1.49. The lowest BCUT2D eigenvalue weighted by Crippen LogP contribution is -2.16. The van der Waals surface area contributed by atoms with Gasteiger partial charge in [0, 0.05) is 5.56 Å². The summed E-state index contributed by atoms with van der Waals surface area (Å²) < 4.78 is 41.2. The van der Waals surface area contributed by atoms with E-state index >= 15 is 0 Å². The van der Waals surface area contributed by atoms with Crippen molar-refractivity contribution in [3.63, 3.8) is 0 Å². The SMILES string of the molecule is [O-][S+](Cc1ccccc1)Nc1ccc(Br)c(F)c1F. The summed E-state index contributed by atoms with van der Waals surface area (Å²) in [5.74, 6) is -1.82. The first kappa shape index (κ1) is 14.3. The predicted octanol–water partition coefficient (Wildman–Crippen LogP) is 4.00. The van der Waals surface area contributed by atoms with E-state index in [-0.39, 0.29) is 15.9 Å². The van der Waals surface area contributed by atoms with Gasteiger partial charge < -0.3 is 4.55 Å². The van der Waals surface area contributed by atoms with Crippen LogP contribution in [-0.4, -0.2) is 4.55 Å². The van der Waals surface area contributed by atoms with Crippen molar-refractivity contribution in [3.05, 3.63) is 64.1 Å². The average molecular weight is 346 g/mol. The number of rotatable bonds is 4. The minimum Gasteiger partial charge on any atom is -0.593 e. The molecule has 19 heavy (non-hydrogen) atoms. The second-order valence-corrected chi connectivity index (χ2v) is 5.84. The van der Waals surface area contributed by atoms with Crippen LogP contribution in [0, 0.1) is 11.6 Å². The van der Waals surface area contributed by atoms with Crippen LogP contribution in [0.4, 0.5) is 14.5 Å². The number of hydrogen-bond acceptors (Lipinski definition) is 2. The lowest BCUT2D eigenvalue weighted by Gasteiger charge is -2.13. The Kier molecular flexibility index (Phi) is 4.79. The van der Waals surface area contributed by atoms with E-state index in [1.165, 1.54) is 12.1 Å². The van der Waals surface area contributed by atoms with Gasteiger partial charge >= 0.3 is 0 Å². The molecular weight excluding hydrogens is 336 g/mol. The van der Waals surface area contributed by atoms with Crippen molar-refractivity contribution in [2.45, 2.75) is 5.75 Å². The molecular formula is C13H10BrF2NOS. The smallest absolute Gasteiger partial charge is 0.187 e. The van der Waals surface area contributed by atoms with Crippen LogP contribution < -0.4 is 4.72 Å². The van der Waals surface area contributed by atoms with Gasteiger partial charge in [0.1, 0.15) is 5.69 Å². The molecule has 0 saturated heterocycles. The minimum atomic E-state index is -1.52. The Hall–Kier alpha value is -1.11. The molecule has 0 aliphatic heterocycles. The largest absolute Gasteiger partial charge is 0.593 e. The number of hydrogen-bond donors (Lipinski definition) is 1. The average Bonchev–Trinajstić information content (AvgIpc) is 2.41. The second kappa shape index (κ2) is 6.36. The molecule has 0 aromatic heterocycles. The van der Waals surface area contributed by atoms with Gasteiger partial charge in [-0.1, -0.05) is 30.3 Å². The van der Waals surface area contributed by atoms with Crippen molar-refractivity contribution in [2.24, 2.45) is 0 Å². The zero-order chi connectivity index (χ0) is 13.8. The van der Waals surface area contributed by atoms with E-state index in [0.29, 0.717) is 0 Å². The minimum absolute atomic E-state index is 0.0318. The normalized spacial score (nSPS) is 12.2. The van der Waals surface area contributed by atoms with Gasteiger partial charge in [-0.15, -0.1) is 0 Å². The molecule has 2 nitrogen and oxygen atoms in total. The van der Waals surface area contributed by atoms with Crippen molar-refractivity contribution in [1.29, 1.82) is 0 Å². The van der Waals surface area contributed by atoms with Crippen LogP contribution in [0.15, 0.2) is 46.9 Å². The van der Waals surface area contributed by atoms with Crippen molar-refractivity contribution in [1.82, 2.24) is 0 Å². The third-order valence-corrected chi connectivity index (χ3v) is 4.06. The topological polar surface area (TPSA) is 35.1 Å². The fourth-order valence-corrected chi connectivity index (χ4v) is 2.77. The van der Waals surface area contributed by atoms with Gasteiger partial charge in [-0.25, -0.2) is 13.5 Å². The van der Waals surface area contributed by atoms with Crippen molar-refractivity contribution in [3.8, 4) is 0 Å². The summed E-state index contributed by atoms with van der Waals surface area (Å²) in [6, 6.07) is 11.8. The van der Waals surface area contributed by atoms with Crippen LogP contribution in [0.2, 0.25) is 0 Å². The van der Waals surface area contributed by atoms with E-state index in [1.54, 1.807) is 0 Å². The highest BCUT2D eigenvalue weighted by Gasteiger charge is 2.16. The van der Waals surface area contributed by atoms with Crippen LogP contribution in [0.25, 0.3) is 0 Å². The molecule has 0 radical (unpaired) electrons. The standard InChI is InChI=1S/C13H10BrF2NOS/c14-10-6-7-11(13(16)12(10)15)17-19(18)8-9-4-2-1-3-5-9/h1-7,17H,8H2. The summed E-state index contributed by atoms with van der Waals surface area (Å²) in [7, 11) is 0. The molecule has 100 valence electrons. The van der Waals surface area contributed by atoms with Crippen LogP contribution in [0.5, 0.6) is 0 Å². The molecule has 0 amide bonds. The molecule has 2 rings (SSSR count). The van der Waals surface area contributed by atoms with E-state index in [0.717, 1.165) is 5.56 Å². The molecule has 1 N–H and O–H groups in total. The zero-order valence-corrected chi connectivity index (χ0v) is 12.1. The third-order valence-electron chi connectivity index (χ3n) is 2.40. The van der Waals surface area contributed by atoms with Crippen molar-refractivity contribution in [2.75, 3.05) is 4.72 Å². The fraction of sp³-hybridized carbons (Fsp3) is 0.0769. The monoisotopic (exact) mass is 345 g/mol. The number of halogens is 3. The highest BCUT2D eigenvalue weighted by molar-refractivity contribution is 9.10. The summed E-state index contributed by atoms with van der Waals surface area (Å²) >= 11 is 1.36. The Morgan fingerprint density at radius 2 is 1.74 bits per heavy atom. The second-order valence-electron chi connectivity index (χ2n) is 3.80. The van der Waals surface area contributed by atoms with E-state index in [4.69, 9.17) is 0 Å². The van der Waals surface area contributed by atoms with Gasteiger partial charge in [0.05, 0.1) is 15.8 Å². The molecule has 1 unspecified atom stereocenters. The van der Waals surface area contributed by atoms with E-state index in [1.807, 2.05) is 30.3 Å². The Balaban J connectivity index is 2.07. The van der Waals surface area contributed by atoms with Crippen LogP contribution in [0.1, 0.15) is 5.56 Å². The maximum absolute atomic E-state index is 13.6. The number of benzene rings is 2. The van der Waals surface area contributed by atoms with Gasteiger partial charge in [-0.3, -0.25) is 0 Å². The van der Waals surface area contributed by atoms with Crippen LogP contribution in [-0.2, 0) is 17.1 Å². The maximum Gasteiger partial charge on any atom is 0.187 e. The molecule has 6 heteroatoms. The van der Waals surface area contributed by atoms with E-state index < -0.39 is 23.0 Å². The Labute approximate surface area is 121 Å². The van der Waals surface area contributed by atoms with Gasteiger partial charge in [0.15, 0.2) is 17.4 Å². The highest BCUT2D eigenvalue weighted by atomic mass is 79.9. The molecule has 0 spiro atoms. The molecule has 0 aliphatic rings. The Morgan fingerprint density at radius 3 is 2.42 bits per heavy atom. The van der Waals surface area contributed by atoms with E-state index in [9.17, 15) is 13.3 Å². The summed E-state index contributed by atoms with van der Waals surface area (Å²) in [5, 5.41) is 0. The molecule has 1 atom stereocenters. The first-order chi connectivity index (χ1) is 9.08. The Morgan fingerprint density at radius 1 is 1.05 bits per heavy atom. The third kappa shape index (κ3) is 3.68. The molecule has 0 fully saturated rings. The van der Waals surface area contributed by atoms with Crippen molar-refractivity contribution >= 4 is 33.0 Å². The first-order valence-electron chi connectivity index (χ1n) is 5.40. The molecule has 0 aliphatic carbocycles. The van der Waals surface area contributed by atoms with Gasteiger partial charge in [0.25, 0.3) is 0 Å². The quantitative estimate of drug-likeness (QED) is 0.671.